The zero-order chi connectivity index (χ0) is 20.5. The zero-order valence-corrected chi connectivity index (χ0v) is 16.9. The summed E-state index contributed by atoms with van der Waals surface area (Å²) in [6.07, 6.45) is 0.356. The number of alkyl halides is 1. The minimum Gasteiger partial charge on any atom is -0.497 e. The summed E-state index contributed by atoms with van der Waals surface area (Å²) in [6, 6.07) is 14.1. The number of amides is 1. The Morgan fingerprint density at radius 1 is 1.17 bits per heavy atom. The lowest BCUT2D eigenvalue weighted by molar-refractivity contribution is -0.154. The van der Waals surface area contributed by atoms with Crippen molar-refractivity contribution in [2.24, 2.45) is 0 Å². The molecule has 0 unspecified atom stereocenters. The number of carbonyl (C=O) groups excluding carboxylic acids is 2. The van der Waals surface area contributed by atoms with E-state index in [-0.39, 0.29) is 11.8 Å². The quantitative estimate of drug-likeness (QED) is 0.526. The number of ether oxygens (including phenoxy) is 2. The maximum absolute atomic E-state index is 12.9. The third kappa shape index (κ3) is 3.23. The summed E-state index contributed by atoms with van der Waals surface area (Å²) in [7, 11) is 2.92. The number of hydrogen-bond donors (Lipinski definition) is 1. The third-order valence-corrected chi connectivity index (χ3v) is 5.65. The standard InChI is InChI=1S/C22H21ClN2O4/c1-28-14-7-5-6-13(10-14)21-20-16(15-8-3-4-9-17(15)24-20)11-18(22(27)29-2)25(21)19(26)12-23/h3-10,18,21,24H,11-12H2,1-2H3/t18-,21+/m0/s1. The molecule has 7 heteroatoms. The van der Waals surface area contributed by atoms with Crippen molar-refractivity contribution in [1.29, 1.82) is 0 Å². The second kappa shape index (κ2) is 7.79. The van der Waals surface area contributed by atoms with Crippen LogP contribution in [0.25, 0.3) is 10.9 Å². The van der Waals surface area contributed by atoms with Gasteiger partial charge < -0.3 is 19.4 Å². The van der Waals surface area contributed by atoms with Gasteiger partial charge in [-0.05, 0) is 29.3 Å². The van der Waals surface area contributed by atoms with Gasteiger partial charge in [0.15, 0.2) is 0 Å². The number of halogens is 1. The molecule has 2 atom stereocenters. The largest absolute Gasteiger partial charge is 0.497 e. The zero-order valence-electron chi connectivity index (χ0n) is 16.1. The van der Waals surface area contributed by atoms with Gasteiger partial charge in [0, 0.05) is 23.0 Å². The fourth-order valence-electron chi connectivity index (χ4n) is 4.14. The third-order valence-electron chi connectivity index (χ3n) is 5.42. The molecule has 2 aromatic carbocycles. The average molecular weight is 413 g/mol. The summed E-state index contributed by atoms with van der Waals surface area (Å²) in [5.41, 5.74) is 3.65. The second-order valence-corrected chi connectivity index (χ2v) is 7.19. The molecule has 4 rings (SSSR count). The molecular formula is C22H21ClN2O4. The van der Waals surface area contributed by atoms with E-state index in [1.165, 1.54) is 12.0 Å². The molecule has 150 valence electrons. The predicted molar refractivity (Wildman–Crippen MR) is 110 cm³/mol. The van der Waals surface area contributed by atoms with Crippen LogP contribution in [0.5, 0.6) is 5.75 Å². The number of para-hydroxylation sites is 1. The number of esters is 1. The highest BCUT2D eigenvalue weighted by molar-refractivity contribution is 6.27. The van der Waals surface area contributed by atoms with Crippen molar-refractivity contribution in [1.82, 2.24) is 9.88 Å². The van der Waals surface area contributed by atoms with Crippen LogP contribution in [0, 0.1) is 0 Å². The highest BCUT2D eigenvalue weighted by Crippen LogP contribution is 2.41. The van der Waals surface area contributed by atoms with Crippen LogP contribution in [0.15, 0.2) is 48.5 Å². The van der Waals surface area contributed by atoms with Crippen LogP contribution in [0.4, 0.5) is 0 Å². The van der Waals surface area contributed by atoms with Crippen LogP contribution >= 0.6 is 11.6 Å². The molecule has 1 aromatic heterocycles. The number of methoxy groups -OCH3 is 2. The summed E-state index contributed by atoms with van der Waals surface area (Å²) < 4.78 is 10.4. The molecule has 0 radical (unpaired) electrons. The van der Waals surface area contributed by atoms with E-state index in [4.69, 9.17) is 21.1 Å². The lowest BCUT2D eigenvalue weighted by atomic mass is 9.88. The SMILES string of the molecule is COC(=O)[C@@H]1Cc2c([nH]c3ccccc23)[C@@H](c2cccc(OC)c2)N1C(=O)CCl. The number of carbonyl (C=O) groups is 2. The molecule has 1 aliphatic heterocycles. The topological polar surface area (TPSA) is 71.6 Å². The lowest BCUT2D eigenvalue weighted by Gasteiger charge is -2.40. The molecule has 0 bridgehead atoms. The van der Waals surface area contributed by atoms with Crippen molar-refractivity contribution in [3.8, 4) is 5.75 Å². The van der Waals surface area contributed by atoms with E-state index < -0.39 is 18.1 Å². The Bertz CT molecular complexity index is 1080. The first-order chi connectivity index (χ1) is 14.1. The molecule has 0 saturated carbocycles. The van der Waals surface area contributed by atoms with Gasteiger partial charge in [-0.15, -0.1) is 11.6 Å². The Balaban J connectivity index is 1.98. The number of aromatic nitrogens is 1. The number of fused-ring (bicyclic) bond motifs is 3. The highest BCUT2D eigenvalue weighted by atomic mass is 35.5. The minimum atomic E-state index is -0.769. The van der Waals surface area contributed by atoms with Gasteiger partial charge in [0.05, 0.1) is 20.3 Å². The normalized spacial score (nSPS) is 18.4. The Kier molecular flexibility index (Phi) is 5.20. The Hall–Kier alpha value is -2.99. The van der Waals surface area contributed by atoms with Crippen LogP contribution in [-0.4, -0.2) is 47.9 Å². The van der Waals surface area contributed by atoms with Crippen molar-refractivity contribution in [3.63, 3.8) is 0 Å². The van der Waals surface area contributed by atoms with E-state index in [1.807, 2.05) is 48.5 Å². The van der Waals surface area contributed by atoms with Gasteiger partial charge in [-0.2, -0.15) is 0 Å². The van der Waals surface area contributed by atoms with E-state index in [2.05, 4.69) is 4.98 Å². The summed E-state index contributed by atoms with van der Waals surface area (Å²) in [5, 5.41) is 1.03. The summed E-state index contributed by atoms with van der Waals surface area (Å²) >= 11 is 5.94. The van der Waals surface area contributed by atoms with Crippen molar-refractivity contribution in [2.75, 3.05) is 20.1 Å². The van der Waals surface area contributed by atoms with Gasteiger partial charge in [-0.3, -0.25) is 4.79 Å². The number of aromatic amines is 1. The monoisotopic (exact) mass is 412 g/mol. The fraction of sp³-hybridized carbons (Fsp3) is 0.273. The molecule has 0 fully saturated rings. The molecule has 0 spiro atoms. The first kappa shape index (κ1) is 19.3. The predicted octanol–water partition coefficient (Wildman–Crippen LogP) is 3.43. The van der Waals surface area contributed by atoms with E-state index in [0.717, 1.165) is 27.7 Å². The van der Waals surface area contributed by atoms with E-state index in [1.54, 1.807) is 7.11 Å². The number of benzene rings is 2. The van der Waals surface area contributed by atoms with Crippen molar-refractivity contribution in [2.45, 2.75) is 18.5 Å². The molecule has 0 aliphatic carbocycles. The lowest BCUT2D eigenvalue weighted by Crippen LogP contribution is -2.52. The maximum Gasteiger partial charge on any atom is 0.328 e. The van der Waals surface area contributed by atoms with Gasteiger partial charge >= 0.3 is 5.97 Å². The Morgan fingerprint density at radius 2 is 1.97 bits per heavy atom. The molecule has 29 heavy (non-hydrogen) atoms. The van der Waals surface area contributed by atoms with Crippen LogP contribution in [-0.2, 0) is 20.7 Å². The van der Waals surface area contributed by atoms with Gasteiger partial charge in [0.2, 0.25) is 5.91 Å². The van der Waals surface area contributed by atoms with Crippen LogP contribution in [0.1, 0.15) is 22.9 Å². The van der Waals surface area contributed by atoms with E-state index >= 15 is 0 Å². The average Bonchev–Trinajstić information content (AvgIpc) is 3.15. The Morgan fingerprint density at radius 3 is 2.69 bits per heavy atom. The fourth-order valence-corrected chi connectivity index (χ4v) is 4.28. The summed E-state index contributed by atoms with van der Waals surface area (Å²) in [4.78, 5) is 30.6. The Labute approximate surface area is 173 Å². The van der Waals surface area contributed by atoms with Gasteiger partial charge in [0.25, 0.3) is 0 Å². The highest BCUT2D eigenvalue weighted by Gasteiger charge is 2.43. The molecule has 6 nitrogen and oxygen atoms in total. The van der Waals surface area contributed by atoms with Crippen molar-refractivity contribution >= 4 is 34.4 Å². The van der Waals surface area contributed by atoms with Crippen LogP contribution < -0.4 is 4.74 Å². The van der Waals surface area contributed by atoms with Crippen LogP contribution in [0.2, 0.25) is 0 Å². The first-order valence-corrected chi connectivity index (χ1v) is 9.80. The molecule has 1 amide bonds. The maximum atomic E-state index is 12.9. The molecule has 1 aliphatic rings. The van der Waals surface area contributed by atoms with Gasteiger partial charge in [-0.1, -0.05) is 30.3 Å². The van der Waals surface area contributed by atoms with E-state index in [0.29, 0.717) is 12.2 Å². The van der Waals surface area contributed by atoms with Crippen molar-refractivity contribution in [3.05, 3.63) is 65.4 Å². The van der Waals surface area contributed by atoms with Crippen molar-refractivity contribution < 1.29 is 19.1 Å². The molecule has 0 saturated heterocycles. The van der Waals surface area contributed by atoms with Gasteiger partial charge in [0.1, 0.15) is 17.7 Å². The molecular weight excluding hydrogens is 392 g/mol. The summed E-state index contributed by atoms with van der Waals surface area (Å²) in [5.74, 6) is -0.367. The number of H-pyrrole nitrogens is 1. The number of nitrogens with one attached hydrogen (secondary N) is 1. The molecule has 2 heterocycles. The summed E-state index contributed by atoms with van der Waals surface area (Å²) in [6.45, 7) is 0. The van der Waals surface area contributed by atoms with Crippen LogP contribution in [0.3, 0.4) is 0 Å². The first-order valence-electron chi connectivity index (χ1n) is 9.27. The second-order valence-electron chi connectivity index (χ2n) is 6.92. The van der Waals surface area contributed by atoms with E-state index in [9.17, 15) is 9.59 Å². The number of nitrogens with zero attached hydrogens (tertiary/aromatic N) is 1. The van der Waals surface area contributed by atoms with Gasteiger partial charge in [-0.25, -0.2) is 4.79 Å². The molecule has 1 N–H and O–H groups in total. The minimum absolute atomic E-state index is 0.233. The number of hydrogen-bond acceptors (Lipinski definition) is 4. The number of rotatable bonds is 4. The smallest absolute Gasteiger partial charge is 0.328 e. The molecule has 3 aromatic rings.